The van der Waals surface area contributed by atoms with Gasteiger partial charge in [0.2, 0.25) is 0 Å². The van der Waals surface area contributed by atoms with E-state index in [1.807, 2.05) is 12.1 Å². The number of rotatable bonds is 9. The number of esters is 1. The van der Waals surface area contributed by atoms with E-state index in [9.17, 15) is 24.8 Å². The molecule has 0 spiro atoms. The molecule has 2 aliphatic heterocycles. The summed E-state index contributed by atoms with van der Waals surface area (Å²) in [4.78, 5) is 42.4. The molecule has 0 amide bonds. The third-order valence-electron chi connectivity index (χ3n) is 8.28. The molecule has 4 rings (SSSR count). The van der Waals surface area contributed by atoms with Crippen LogP contribution in [-0.2, 0) is 14.3 Å². The monoisotopic (exact) mass is 565 g/mol. The van der Waals surface area contributed by atoms with Gasteiger partial charge in [-0.05, 0) is 57.9 Å². The SMILES string of the molecule is Cc1ccccc1N1CCN(CCC2(C(=O)O)C(C)NC(N)=C(C(=O)OC(C)C)C2c2cccc([N+](=O)[O-])c2)CC1. The molecule has 0 radical (unpaired) electrons. The van der Waals surface area contributed by atoms with Gasteiger partial charge in [-0.2, -0.15) is 0 Å². The number of nitro groups is 1. The summed E-state index contributed by atoms with van der Waals surface area (Å²) in [6.07, 6.45) is -0.295. The van der Waals surface area contributed by atoms with Crippen LogP contribution in [0.5, 0.6) is 0 Å². The third-order valence-corrected chi connectivity index (χ3v) is 8.28. The minimum atomic E-state index is -1.55. The van der Waals surface area contributed by atoms with Gasteiger partial charge < -0.3 is 25.8 Å². The van der Waals surface area contributed by atoms with E-state index in [4.69, 9.17) is 10.5 Å². The van der Waals surface area contributed by atoms with Crippen LogP contribution in [0.4, 0.5) is 11.4 Å². The van der Waals surface area contributed by atoms with Crippen molar-refractivity contribution in [2.45, 2.75) is 52.2 Å². The molecule has 41 heavy (non-hydrogen) atoms. The van der Waals surface area contributed by atoms with Crippen LogP contribution in [-0.4, -0.2) is 71.7 Å². The van der Waals surface area contributed by atoms with Crippen LogP contribution in [0.3, 0.4) is 0 Å². The maximum atomic E-state index is 13.4. The summed E-state index contributed by atoms with van der Waals surface area (Å²) in [5.74, 6) is -2.92. The first-order valence-corrected chi connectivity index (χ1v) is 13.9. The van der Waals surface area contributed by atoms with Gasteiger partial charge >= 0.3 is 11.9 Å². The summed E-state index contributed by atoms with van der Waals surface area (Å²) in [5, 5.41) is 25.5. The highest BCUT2D eigenvalue weighted by molar-refractivity contribution is 5.94. The standard InChI is InChI=1S/C30H39N5O6/c1-19(2)41-28(36)25-26(22-9-7-10-23(18-22)35(39)40)30(29(37)38,21(4)32-27(25)31)12-13-33-14-16-34(17-15-33)24-11-6-5-8-20(24)3/h5-11,18-19,21,26,32H,12-17,31H2,1-4H3,(H,37,38). The lowest BCUT2D eigenvalue weighted by molar-refractivity contribution is -0.384. The Bertz CT molecular complexity index is 1340. The molecule has 4 N–H and O–H groups in total. The number of ether oxygens (including phenoxy) is 1. The van der Waals surface area contributed by atoms with E-state index in [0.717, 1.165) is 26.2 Å². The molecule has 11 heteroatoms. The van der Waals surface area contributed by atoms with E-state index < -0.39 is 40.3 Å². The van der Waals surface area contributed by atoms with Crippen molar-refractivity contribution in [3.63, 3.8) is 0 Å². The lowest BCUT2D eigenvalue weighted by Crippen LogP contribution is -2.59. The summed E-state index contributed by atoms with van der Waals surface area (Å²) in [7, 11) is 0. The van der Waals surface area contributed by atoms with Gasteiger partial charge in [0.1, 0.15) is 11.2 Å². The number of non-ortho nitro benzene ring substituents is 1. The van der Waals surface area contributed by atoms with E-state index in [0.29, 0.717) is 12.1 Å². The smallest absolute Gasteiger partial charge is 0.338 e. The van der Waals surface area contributed by atoms with Crippen LogP contribution < -0.4 is 16.0 Å². The molecule has 220 valence electrons. The quantitative estimate of drug-likeness (QED) is 0.234. The molecule has 2 aromatic rings. The second-order valence-electron chi connectivity index (χ2n) is 11.1. The number of aryl methyl sites for hydroxylation is 1. The van der Waals surface area contributed by atoms with Crippen LogP contribution in [0.2, 0.25) is 0 Å². The number of nitro benzene ring substituents is 1. The number of piperazine rings is 1. The molecule has 3 unspecified atom stereocenters. The Morgan fingerprint density at radius 2 is 1.85 bits per heavy atom. The number of nitrogens with zero attached hydrogens (tertiary/aromatic N) is 3. The number of carboxylic acids is 1. The number of nitrogens with one attached hydrogen (secondary N) is 1. The molecule has 3 atom stereocenters. The molecule has 2 aromatic carbocycles. The molecule has 1 fully saturated rings. The number of carbonyl (C=O) groups excluding carboxylic acids is 1. The fraction of sp³-hybridized carbons (Fsp3) is 0.467. The minimum absolute atomic E-state index is 0.0170. The molecule has 0 aromatic heterocycles. The third kappa shape index (κ3) is 6.00. The van der Waals surface area contributed by atoms with Gasteiger partial charge in [-0.1, -0.05) is 30.3 Å². The van der Waals surface area contributed by atoms with Gasteiger partial charge in [-0.25, -0.2) is 4.79 Å². The average molecular weight is 566 g/mol. The summed E-state index contributed by atoms with van der Waals surface area (Å²) < 4.78 is 5.50. The van der Waals surface area contributed by atoms with E-state index in [-0.39, 0.29) is 23.5 Å². The van der Waals surface area contributed by atoms with Crippen molar-refractivity contribution in [3.05, 3.63) is 81.2 Å². The highest BCUT2D eigenvalue weighted by atomic mass is 16.6. The van der Waals surface area contributed by atoms with Gasteiger partial charge in [-0.15, -0.1) is 0 Å². The first kappa shape index (κ1) is 29.9. The van der Waals surface area contributed by atoms with Gasteiger partial charge in [0, 0.05) is 56.0 Å². The molecular weight excluding hydrogens is 526 g/mol. The highest BCUT2D eigenvalue weighted by Crippen LogP contribution is 2.50. The van der Waals surface area contributed by atoms with Crippen LogP contribution in [0, 0.1) is 22.5 Å². The Kier molecular flexibility index (Phi) is 8.86. The van der Waals surface area contributed by atoms with Crippen LogP contribution >= 0.6 is 0 Å². The lowest BCUT2D eigenvalue weighted by Gasteiger charge is -2.48. The molecule has 1 saturated heterocycles. The van der Waals surface area contributed by atoms with Crippen LogP contribution in [0.15, 0.2) is 59.9 Å². The fourth-order valence-corrected chi connectivity index (χ4v) is 6.14. The zero-order valence-electron chi connectivity index (χ0n) is 24.0. The number of carboxylic acid groups (broad SMARTS) is 1. The maximum absolute atomic E-state index is 13.4. The van der Waals surface area contributed by atoms with Crippen molar-refractivity contribution in [2.75, 3.05) is 37.6 Å². The van der Waals surface area contributed by atoms with Gasteiger partial charge in [-0.3, -0.25) is 19.8 Å². The zero-order chi connectivity index (χ0) is 29.9. The first-order valence-electron chi connectivity index (χ1n) is 13.9. The predicted octanol–water partition coefficient (Wildman–Crippen LogP) is 3.38. The van der Waals surface area contributed by atoms with E-state index in [2.05, 4.69) is 34.2 Å². The summed E-state index contributed by atoms with van der Waals surface area (Å²) in [6.45, 7) is 10.7. The van der Waals surface area contributed by atoms with Crippen molar-refractivity contribution >= 4 is 23.3 Å². The molecule has 2 heterocycles. The number of benzene rings is 2. The Balaban J connectivity index is 1.68. The summed E-state index contributed by atoms with van der Waals surface area (Å²) in [5.41, 5.74) is 7.30. The number of carbonyl (C=O) groups is 2. The summed E-state index contributed by atoms with van der Waals surface area (Å²) in [6, 6.07) is 13.3. The predicted molar refractivity (Wildman–Crippen MR) is 155 cm³/mol. The maximum Gasteiger partial charge on any atom is 0.338 e. The number of nitrogens with two attached hydrogens (primary N) is 1. The topological polar surface area (TPSA) is 151 Å². The summed E-state index contributed by atoms with van der Waals surface area (Å²) >= 11 is 0. The molecule has 0 saturated carbocycles. The van der Waals surface area contributed by atoms with Gasteiger partial charge in [0.25, 0.3) is 5.69 Å². The van der Waals surface area contributed by atoms with Crippen LogP contribution in [0.25, 0.3) is 0 Å². The number of para-hydroxylation sites is 1. The van der Waals surface area contributed by atoms with Gasteiger partial charge in [0.15, 0.2) is 0 Å². The Labute approximate surface area is 240 Å². The number of aliphatic carboxylic acids is 1. The second-order valence-corrected chi connectivity index (χ2v) is 11.1. The van der Waals surface area contributed by atoms with Crippen molar-refractivity contribution in [3.8, 4) is 0 Å². The van der Waals surface area contributed by atoms with Crippen molar-refractivity contribution < 1.29 is 24.4 Å². The number of anilines is 1. The molecule has 0 aliphatic carbocycles. The lowest BCUT2D eigenvalue weighted by atomic mass is 9.61. The normalized spacial score (nSPS) is 23.3. The molecule has 11 nitrogen and oxygen atoms in total. The van der Waals surface area contributed by atoms with E-state index >= 15 is 0 Å². The molecule has 2 aliphatic rings. The van der Waals surface area contributed by atoms with Gasteiger partial charge in [0.05, 0.1) is 16.6 Å². The van der Waals surface area contributed by atoms with E-state index in [1.165, 1.54) is 29.4 Å². The molecular formula is C30H39N5O6. The minimum Gasteiger partial charge on any atom is -0.481 e. The Morgan fingerprint density at radius 1 is 1.17 bits per heavy atom. The van der Waals surface area contributed by atoms with Crippen molar-refractivity contribution in [2.24, 2.45) is 11.1 Å². The van der Waals surface area contributed by atoms with Crippen molar-refractivity contribution in [1.29, 1.82) is 0 Å². The second kappa shape index (κ2) is 12.2. The number of hydrogen-bond donors (Lipinski definition) is 3. The van der Waals surface area contributed by atoms with Crippen molar-refractivity contribution in [1.82, 2.24) is 10.2 Å². The molecule has 0 bridgehead atoms. The highest BCUT2D eigenvalue weighted by Gasteiger charge is 2.57. The Hall–Kier alpha value is -4.12. The van der Waals surface area contributed by atoms with Crippen LogP contribution in [0.1, 0.15) is 44.2 Å². The fourth-order valence-electron chi connectivity index (χ4n) is 6.14. The average Bonchev–Trinajstić information content (AvgIpc) is 2.92. The number of hydrogen-bond acceptors (Lipinski definition) is 9. The zero-order valence-corrected chi connectivity index (χ0v) is 24.0. The van der Waals surface area contributed by atoms with E-state index in [1.54, 1.807) is 26.8 Å². The largest absolute Gasteiger partial charge is 0.481 e. The Morgan fingerprint density at radius 3 is 2.46 bits per heavy atom. The first-order chi connectivity index (χ1) is 19.5.